The molecule has 5 unspecified atom stereocenters. The number of rotatable bonds is 6. The normalized spacial score (nSPS) is 33.3. The van der Waals surface area contributed by atoms with E-state index in [0.29, 0.717) is 24.6 Å². The number of nitrogens with two attached hydrogens (primary N) is 1. The maximum absolute atomic E-state index is 13.4. The molecule has 4 fully saturated rings. The molecule has 5 aliphatic rings. The van der Waals surface area contributed by atoms with Gasteiger partial charge in [0.2, 0.25) is 11.8 Å². The standard InChI is InChI=1S/C24H29N9O2/c25-9-15-6-14-7-20(14)32(15)23(34)18(26)11-31-10-16-8-21(31)24(35)33(16)19-4-2-12-5-13(1-3-17(12)19)22(27)29-30-28/h1,3,5,14-16,18-21H,2,4,6-8,10-11,26H2,(H3,27,28,29)/t14?,15?,16-,18?,19-,20?,21?/m0/s1. The van der Waals surface area contributed by atoms with Crippen molar-refractivity contribution in [1.29, 1.82) is 16.2 Å². The van der Waals surface area contributed by atoms with Gasteiger partial charge in [0.1, 0.15) is 11.9 Å². The Hall–Kier alpha value is -3.36. The SMILES string of the molecule is N#CC1CC2CC2N1C(=O)C(N)CN1C[C@@H]2CC1C(=O)N2[C@H]1CCc2cc(C(=N)NN=N)ccc21. The van der Waals surface area contributed by atoms with Crippen molar-refractivity contribution >= 4 is 17.6 Å². The molecule has 0 spiro atoms. The van der Waals surface area contributed by atoms with Gasteiger partial charge >= 0.3 is 0 Å². The molecule has 11 heteroatoms. The summed E-state index contributed by atoms with van der Waals surface area (Å²) in [7, 11) is 0. The van der Waals surface area contributed by atoms with Crippen molar-refractivity contribution in [2.75, 3.05) is 13.1 Å². The van der Waals surface area contributed by atoms with E-state index in [2.05, 4.69) is 21.6 Å². The molecule has 3 saturated heterocycles. The van der Waals surface area contributed by atoms with Crippen molar-refractivity contribution in [2.24, 2.45) is 16.9 Å². The monoisotopic (exact) mass is 475 g/mol. The van der Waals surface area contributed by atoms with Crippen LogP contribution in [0.2, 0.25) is 0 Å². The Bertz CT molecular complexity index is 1160. The van der Waals surface area contributed by atoms with Crippen molar-refractivity contribution in [2.45, 2.75) is 68.4 Å². The van der Waals surface area contributed by atoms with Crippen LogP contribution >= 0.6 is 0 Å². The third kappa shape index (κ3) is 3.43. The van der Waals surface area contributed by atoms with Gasteiger partial charge in [0, 0.05) is 30.7 Å². The molecule has 2 amide bonds. The zero-order valence-corrected chi connectivity index (χ0v) is 19.4. The van der Waals surface area contributed by atoms with Gasteiger partial charge < -0.3 is 15.5 Å². The van der Waals surface area contributed by atoms with E-state index in [1.807, 2.05) is 23.1 Å². The van der Waals surface area contributed by atoms with Gasteiger partial charge in [0.15, 0.2) is 0 Å². The van der Waals surface area contributed by atoms with E-state index in [0.717, 1.165) is 43.2 Å². The second kappa shape index (κ2) is 8.10. The van der Waals surface area contributed by atoms with E-state index in [-0.39, 0.29) is 47.9 Å². The molecule has 6 rings (SSSR count). The van der Waals surface area contributed by atoms with Gasteiger partial charge in [-0.15, -0.1) is 0 Å². The van der Waals surface area contributed by atoms with Crippen LogP contribution in [0.3, 0.4) is 0 Å². The second-order valence-electron chi connectivity index (χ2n) is 10.5. The van der Waals surface area contributed by atoms with Crippen LogP contribution in [0.4, 0.5) is 0 Å². The molecule has 182 valence electrons. The number of likely N-dealkylation sites (tertiary alicyclic amines) is 3. The number of amidine groups is 1. The number of carbonyl (C=O) groups excluding carboxylic acids is 2. The number of carbonyl (C=O) groups is 2. The Balaban J connectivity index is 1.12. The van der Waals surface area contributed by atoms with Gasteiger partial charge in [-0.2, -0.15) is 10.8 Å². The molecule has 3 heterocycles. The van der Waals surface area contributed by atoms with Crippen molar-refractivity contribution in [3.05, 3.63) is 34.9 Å². The molecule has 7 atom stereocenters. The average Bonchev–Trinajstić information content (AvgIpc) is 3.18. The summed E-state index contributed by atoms with van der Waals surface area (Å²) in [4.78, 5) is 32.3. The minimum Gasteiger partial charge on any atom is -0.330 e. The van der Waals surface area contributed by atoms with Crippen molar-refractivity contribution in [1.82, 2.24) is 20.1 Å². The number of nitrogens with one attached hydrogen (secondary N) is 3. The zero-order valence-electron chi connectivity index (χ0n) is 19.4. The summed E-state index contributed by atoms with van der Waals surface area (Å²) in [5, 5.41) is 20.4. The van der Waals surface area contributed by atoms with Crippen LogP contribution in [0.5, 0.6) is 0 Å². The number of piperidine rings is 1. The van der Waals surface area contributed by atoms with Gasteiger partial charge in [0.05, 0.1) is 24.2 Å². The van der Waals surface area contributed by atoms with Crippen LogP contribution in [0.25, 0.3) is 0 Å². The summed E-state index contributed by atoms with van der Waals surface area (Å²) in [6, 6.07) is 6.97. The van der Waals surface area contributed by atoms with Crippen LogP contribution in [0.15, 0.2) is 23.4 Å². The van der Waals surface area contributed by atoms with Crippen LogP contribution < -0.4 is 11.2 Å². The number of nitriles is 1. The highest BCUT2D eigenvalue weighted by atomic mass is 16.2. The second-order valence-corrected chi connectivity index (χ2v) is 10.5. The Labute approximate surface area is 203 Å². The number of benzene rings is 1. The largest absolute Gasteiger partial charge is 0.330 e. The van der Waals surface area contributed by atoms with Gasteiger partial charge in [0.25, 0.3) is 0 Å². The predicted molar refractivity (Wildman–Crippen MR) is 124 cm³/mol. The number of aryl methyl sites for hydroxylation is 1. The van der Waals surface area contributed by atoms with E-state index >= 15 is 0 Å². The highest BCUT2D eigenvalue weighted by Crippen LogP contribution is 2.48. The molecule has 5 N–H and O–H groups in total. The fourth-order valence-corrected chi connectivity index (χ4v) is 6.87. The first kappa shape index (κ1) is 22.1. The fourth-order valence-electron chi connectivity index (χ4n) is 6.87. The zero-order chi connectivity index (χ0) is 24.4. The molecule has 11 nitrogen and oxygen atoms in total. The molecule has 2 aliphatic carbocycles. The van der Waals surface area contributed by atoms with E-state index < -0.39 is 6.04 Å². The van der Waals surface area contributed by atoms with Gasteiger partial charge in [-0.05, 0) is 55.2 Å². The quantitative estimate of drug-likeness (QED) is 0.204. The lowest BCUT2D eigenvalue weighted by molar-refractivity contribution is -0.141. The maximum Gasteiger partial charge on any atom is 0.242 e. The first-order valence-electron chi connectivity index (χ1n) is 12.3. The number of piperazine rings is 1. The number of fused-ring (bicyclic) bond motifs is 4. The Morgan fingerprint density at radius 1 is 1.31 bits per heavy atom. The highest BCUT2D eigenvalue weighted by Gasteiger charge is 2.56. The minimum atomic E-state index is -0.726. The van der Waals surface area contributed by atoms with Crippen LogP contribution in [-0.4, -0.2) is 75.6 Å². The number of amides is 2. The molecule has 0 aromatic heterocycles. The van der Waals surface area contributed by atoms with Crippen LogP contribution in [0, 0.1) is 28.2 Å². The average molecular weight is 476 g/mol. The molecule has 1 aromatic carbocycles. The molecule has 1 saturated carbocycles. The summed E-state index contributed by atoms with van der Waals surface area (Å²) < 4.78 is 0. The van der Waals surface area contributed by atoms with Crippen LogP contribution in [0.1, 0.15) is 48.4 Å². The van der Waals surface area contributed by atoms with E-state index in [1.54, 1.807) is 4.90 Å². The maximum atomic E-state index is 13.4. The van der Waals surface area contributed by atoms with E-state index in [9.17, 15) is 14.9 Å². The summed E-state index contributed by atoms with van der Waals surface area (Å²) >= 11 is 0. The van der Waals surface area contributed by atoms with Crippen molar-refractivity contribution in [3.63, 3.8) is 0 Å². The molecular formula is C24H29N9O2. The van der Waals surface area contributed by atoms with Crippen LogP contribution in [-0.2, 0) is 16.0 Å². The first-order chi connectivity index (χ1) is 16.9. The Kier molecular flexibility index (Phi) is 5.12. The summed E-state index contributed by atoms with van der Waals surface area (Å²) in [5.74, 6) is 0.473. The Morgan fingerprint density at radius 2 is 2.14 bits per heavy atom. The third-order valence-corrected chi connectivity index (χ3v) is 8.55. The molecular weight excluding hydrogens is 446 g/mol. The molecule has 1 aromatic rings. The van der Waals surface area contributed by atoms with Gasteiger partial charge in [-0.3, -0.25) is 19.9 Å². The van der Waals surface area contributed by atoms with Crippen molar-refractivity contribution in [3.8, 4) is 6.07 Å². The summed E-state index contributed by atoms with van der Waals surface area (Å²) in [6.07, 6.45) is 4.16. The number of hydrogen-bond acceptors (Lipinski definition) is 8. The Morgan fingerprint density at radius 3 is 2.89 bits per heavy atom. The molecule has 2 bridgehead atoms. The number of hydrogen-bond donors (Lipinski definition) is 4. The predicted octanol–water partition coefficient (Wildman–Crippen LogP) is 0.660. The number of nitrogens with zero attached hydrogens (tertiary/aromatic N) is 5. The van der Waals surface area contributed by atoms with E-state index in [4.69, 9.17) is 16.7 Å². The lowest BCUT2D eigenvalue weighted by Gasteiger charge is -2.38. The topological polar surface area (TPSA) is 166 Å². The first-order valence-corrected chi connectivity index (χ1v) is 12.3. The summed E-state index contributed by atoms with van der Waals surface area (Å²) in [6.45, 7) is 1.04. The third-order valence-electron chi connectivity index (χ3n) is 8.55. The highest BCUT2D eigenvalue weighted by molar-refractivity contribution is 5.96. The summed E-state index contributed by atoms with van der Waals surface area (Å²) in [5.41, 5.74) is 18.5. The molecule has 0 radical (unpaired) electrons. The van der Waals surface area contributed by atoms with E-state index in [1.165, 1.54) is 0 Å². The van der Waals surface area contributed by atoms with Gasteiger partial charge in [-0.25, -0.2) is 5.43 Å². The van der Waals surface area contributed by atoms with Crippen molar-refractivity contribution < 1.29 is 9.59 Å². The lowest BCUT2D eigenvalue weighted by Crippen LogP contribution is -2.57. The molecule has 3 aliphatic heterocycles. The minimum absolute atomic E-state index is 0.0230. The molecule has 35 heavy (non-hydrogen) atoms. The smallest absolute Gasteiger partial charge is 0.242 e. The lowest BCUT2D eigenvalue weighted by atomic mass is 10.0. The van der Waals surface area contributed by atoms with Gasteiger partial charge in [-0.1, -0.05) is 17.4 Å². The fraction of sp³-hybridized carbons (Fsp3) is 0.583.